The zero-order valence-electron chi connectivity index (χ0n) is 8.89. The molecule has 2 heterocycles. The monoisotopic (exact) mass is 208 g/mol. The maximum absolute atomic E-state index is 5.64. The molecule has 0 aliphatic carbocycles. The third-order valence-corrected chi connectivity index (χ3v) is 2.60. The summed E-state index contributed by atoms with van der Waals surface area (Å²) in [6.07, 6.45) is 4.52. The van der Waals surface area contributed by atoms with Crippen molar-refractivity contribution in [1.82, 2.24) is 9.97 Å². The molecule has 15 heavy (non-hydrogen) atoms. The van der Waals surface area contributed by atoms with Gasteiger partial charge in [-0.1, -0.05) is 0 Å². The fourth-order valence-corrected chi connectivity index (χ4v) is 1.68. The van der Waals surface area contributed by atoms with Crippen LogP contribution in [0, 0.1) is 0 Å². The molecule has 1 aliphatic heterocycles. The van der Waals surface area contributed by atoms with Crippen molar-refractivity contribution in [2.75, 3.05) is 24.6 Å². The van der Waals surface area contributed by atoms with Crippen LogP contribution in [0.25, 0.3) is 0 Å². The lowest BCUT2D eigenvalue weighted by Crippen LogP contribution is -2.52. The number of ether oxygens (including phenoxy) is 1. The second-order valence-electron chi connectivity index (χ2n) is 3.52. The Labute approximate surface area is 89.3 Å². The number of rotatable bonds is 4. The maximum atomic E-state index is 5.64. The molecule has 1 aromatic rings. The van der Waals surface area contributed by atoms with E-state index in [1.807, 2.05) is 6.92 Å². The summed E-state index contributed by atoms with van der Waals surface area (Å²) in [5.74, 6) is 1.44. The summed E-state index contributed by atoms with van der Waals surface area (Å²) in [5, 5.41) is 0. The predicted octanol–water partition coefficient (Wildman–Crippen LogP) is 0.413. The van der Waals surface area contributed by atoms with E-state index in [0.29, 0.717) is 25.1 Å². The molecule has 1 unspecified atom stereocenters. The Morgan fingerprint density at radius 2 is 2.47 bits per heavy atom. The van der Waals surface area contributed by atoms with Crippen molar-refractivity contribution in [2.24, 2.45) is 5.73 Å². The Kier molecular flexibility index (Phi) is 3.01. The molecule has 0 spiro atoms. The first-order chi connectivity index (χ1) is 7.35. The summed E-state index contributed by atoms with van der Waals surface area (Å²) in [6, 6.07) is 0.413. The van der Waals surface area contributed by atoms with Gasteiger partial charge in [0.15, 0.2) is 5.82 Å². The molecule has 1 fully saturated rings. The Bertz CT molecular complexity index is 329. The second kappa shape index (κ2) is 4.44. The summed E-state index contributed by atoms with van der Waals surface area (Å²) in [5.41, 5.74) is 5.64. The molecule has 5 heteroatoms. The number of hydrogen-bond acceptors (Lipinski definition) is 5. The Morgan fingerprint density at radius 1 is 1.60 bits per heavy atom. The van der Waals surface area contributed by atoms with Crippen molar-refractivity contribution in [3.63, 3.8) is 0 Å². The van der Waals surface area contributed by atoms with Gasteiger partial charge < -0.3 is 15.4 Å². The molecule has 1 saturated heterocycles. The van der Waals surface area contributed by atoms with E-state index in [1.165, 1.54) is 0 Å². The molecule has 0 aromatic carbocycles. The van der Waals surface area contributed by atoms with Gasteiger partial charge in [0, 0.05) is 19.1 Å². The minimum atomic E-state index is 0.413. The van der Waals surface area contributed by atoms with Crippen molar-refractivity contribution in [2.45, 2.75) is 19.4 Å². The van der Waals surface area contributed by atoms with Crippen LogP contribution in [0.15, 0.2) is 12.4 Å². The van der Waals surface area contributed by atoms with Crippen LogP contribution in [0.1, 0.15) is 13.3 Å². The van der Waals surface area contributed by atoms with E-state index < -0.39 is 0 Å². The van der Waals surface area contributed by atoms with Gasteiger partial charge in [0.1, 0.15) is 0 Å². The van der Waals surface area contributed by atoms with E-state index in [9.17, 15) is 0 Å². The lowest BCUT2D eigenvalue weighted by molar-refractivity contribution is 0.324. The van der Waals surface area contributed by atoms with Gasteiger partial charge in [-0.15, -0.1) is 0 Å². The van der Waals surface area contributed by atoms with Gasteiger partial charge in [-0.2, -0.15) is 4.98 Å². The van der Waals surface area contributed by atoms with Crippen molar-refractivity contribution < 1.29 is 4.74 Å². The molecule has 1 aromatic heterocycles. The van der Waals surface area contributed by atoms with Crippen LogP contribution in [0.5, 0.6) is 5.88 Å². The molecule has 5 nitrogen and oxygen atoms in total. The standard InChI is InChI=1S/C10H16N4O/c1-2-15-10-7-12-6-9(13-10)14-4-3-8(14)5-11/h6-8H,2-5,11H2,1H3. The number of hydrogen-bond donors (Lipinski definition) is 1. The molecule has 1 atom stereocenters. The summed E-state index contributed by atoms with van der Waals surface area (Å²) < 4.78 is 5.30. The normalized spacial score (nSPS) is 19.9. The van der Waals surface area contributed by atoms with Crippen LogP contribution in [-0.4, -0.2) is 35.7 Å². The number of nitrogens with zero attached hydrogens (tertiary/aromatic N) is 3. The van der Waals surface area contributed by atoms with E-state index >= 15 is 0 Å². The Hall–Kier alpha value is -1.36. The highest BCUT2D eigenvalue weighted by Crippen LogP contribution is 2.24. The summed E-state index contributed by atoms with van der Waals surface area (Å²) >= 11 is 0. The van der Waals surface area contributed by atoms with Gasteiger partial charge in [-0.25, -0.2) is 0 Å². The quantitative estimate of drug-likeness (QED) is 0.776. The average molecular weight is 208 g/mol. The van der Waals surface area contributed by atoms with E-state index in [0.717, 1.165) is 18.8 Å². The molecule has 0 radical (unpaired) electrons. The molecular formula is C10H16N4O. The molecule has 1 aliphatic rings. The van der Waals surface area contributed by atoms with Gasteiger partial charge in [-0.3, -0.25) is 4.98 Å². The largest absolute Gasteiger partial charge is 0.477 e. The van der Waals surface area contributed by atoms with Gasteiger partial charge in [0.2, 0.25) is 5.88 Å². The SMILES string of the molecule is CCOc1cncc(N2CCC2CN)n1. The van der Waals surface area contributed by atoms with Crippen LogP contribution < -0.4 is 15.4 Å². The molecule has 0 bridgehead atoms. The fourth-order valence-electron chi connectivity index (χ4n) is 1.68. The van der Waals surface area contributed by atoms with Crippen LogP contribution in [0.4, 0.5) is 5.82 Å². The topological polar surface area (TPSA) is 64.3 Å². The number of nitrogens with two attached hydrogens (primary N) is 1. The van der Waals surface area contributed by atoms with Gasteiger partial charge >= 0.3 is 0 Å². The van der Waals surface area contributed by atoms with Crippen molar-refractivity contribution in [3.05, 3.63) is 12.4 Å². The summed E-state index contributed by atoms with van der Waals surface area (Å²) in [4.78, 5) is 10.6. The van der Waals surface area contributed by atoms with Gasteiger partial charge in [0.25, 0.3) is 0 Å². The predicted molar refractivity (Wildman–Crippen MR) is 58.0 cm³/mol. The van der Waals surface area contributed by atoms with Crippen molar-refractivity contribution in [1.29, 1.82) is 0 Å². The first-order valence-electron chi connectivity index (χ1n) is 5.26. The third kappa shape index (κ3) is 2.02. The van der Waals surface area contributed by atoms with E-state index in [-0.39, 0.29) is 0 Å². The van der Waals surface area contributed by atoms with Crippen LogP contribution in [0.2, 0.25) is 0 Å². The van der Waals surface area contributed by atoms with Crippen LogP contribution in [0.3, 0.4) is 0 Å². The molecule has 0 amide bonds. The molecule has 0 saturated carbocycles. The van der Waals surface area contributed by atoms with Gasteiger partial charge in [0.05, 0.1) is 19.0 Å². The van der Waals surface area contributed by atoms with E-state index in [2.05, 4.69) is 14.9 Å². The lowest BCUT2D eigenvalue weighted by Gasteiger charge is -2.41. The first kappa shape index (κ1) is 10.2. The maximum Gasteiger partial charge on any atom is 0.234 e. The average Bonchev–Trinajstić information content (AvgIpc) is 2.18. The molecule has 2 N–H and O–H groups in total. The molecule has 82 valence electrons. The first-order valence-corrected chi connectivity index (χ1v) is 5.26. The zero-order chi connectivity index (χ0) is 10.7. The van der Waals surface area contributed by atoms with Crippen molar-refractivity contribution >= 4 is 5.82 Å². The summed E-state index contributed by atoms with van der Waals surface area (Å²) in [7, 11) is 0. The van der Waals surface area contributed by atoms with E-state index in [4.69, 9.17) is 10.5 Å². The minimum Gasteiger partial charge on any atom is -0.477 e. The van der Waals surface area contributed by atoms with Crippen LogP contribution in [-0.2, 0) is 0 Å². The Balaban J connectivity index is 2.10. The van der Waals surface area contributed by atoms with Crippen molar-refractivity contribution in [3.8, 4) is 5.88 Å². The fraction of sp³-hybridized carbons (Fsp3) is 0.600. The minimum absolute atomic E-state index is 0.413. The third-order valence-electron chi connectivity index (χ3n) is 2.60. The number of anilines is 1. The zero-order valence-corrected chi connectivity index (χ0v) is 8.89. The Morgan fingerprint density at radius 3 is 3.07 bits per heavy atom. The van der Waals surface area contributed by atoms with E-state index in [1.54, 1.807) is 12.4 Å². The second-order valence-corrected chi connectivity index (χ2v) is 3.52. The van der Waals surface area contributed by atoms with Gasteiger partial charge in [-0.05, 0) is 13.3 Å². The number of aromatic nitrogens is 2. The highest BCUT2D eigenvalue weighted by Gasteiger charge is 2.27. The smallest absolute Gasteiger partial charge is 0.234 e. The lowest BCUT2D eigenvalue weighted by atomic mass is 10.0. The highest BCUT2D eigenvalue weighted by molar-refractivity contribution is 5.42. The highest BCUT2D eigenvalue weighted by atomic mass is 16.5. The molecular weight excluding hydrogens is 192 g/mol. The van der Waals surface area contributed by atoms with Crippen LogP contribution >= 0.6 is 0 Å². The molecule has 2 rings (SSSR count). The summed E-state index contributed by atoms with van der Waals surface area (Å²) in [6.45, 7) is 4.21.